The lowest BCUT2D eigenvalue weighted by molar-refractivity contribution is -0.117. The van der Waals surface area contributed by atoms with Crippen molar-refractivity contribution >= 4 is 17.6 Å². The van der Waals surface area contributed by atoms with E-state index in [-0.39, 0.29) is 18.0 Å². The first-order valence-corrected chi connectivity index (χ1v) is 8.59. The molecule has 1 atom stereocenters. The third kappa shape index (κ3) is 4.33. The highest BCUT2D eigenvalue weighted by molar-refractivity contribution is 5.96. The number of nitrogens with one attached hydrogen (secondary N) is 2. The number of urea groups is 1. The lowest BCUT2D eigenvalue weighted by Crippen LogP contribution is -2.43. The summed E-state index contributed by atoms with van der Waals surface area (Å²) >= 11 is 0. The summed E-state index contributed by atoms with van der Waals surface area (Å²) in [6.45, 7) is 2.91. The molecule has 2 N–H and O–H groups in total. The molecule has 3 rings (SSSR count). The lowest BCUT2D eigenvalue weighted by Gasteiger charge is -2.17. The van der Waals surface area contributed by atoms with Gasteiger partial charge in [-0.15, -0.1) is 0 Å². The van der Waals surface area contributed by atoms with Crippen LogP contribution >= 0.6 is 0 Å². The van der Waals surface area contributed by atoms with E-state index in [0.717, 1.165) is 22.6 Å². The summed E-state index contributed by atoms with van der Waals surface area (Å²) in [4.78, 5) is 26.1. The van der Waals surface area contributed by atoms with Crippen molar-refractivity contribution in [1.82, 2.24) is 10.6 Å². The average Bonchev–Trinajstić information content (AvgIpc) is 3.01. The Labute approximate surface area is 153 Å². The molecular formula is C20H23N3O3. The minimum Gasteiger partial charge on any atom is -0.497 e. The van der Waals surface area contributed by atoms with Gasteiger partial charge in [0.05, 0.1) is 13.2 Å². The van der Waals surface area contributed by atoms with E-state index in [1.807, 2.05) is 55.5 Å². The predicted octanol–water partition coefficient (Wildman–Crippen LogP) is 2.61. The maximum Gasteiger partial charge on any atom is 0.315 e. The van der Waals surface area contributed by atoms with Crippen LogP contribution in [0.5, 0.6) is 5.75 Å². The summed E-state index contributed by atoms with van der Waals surface area (Å²) in [5.74, 6) is 0.799. The number of carbonyl (C=O) groups excluding carboxylic acids is 2. The largest absolute Gasteiger partial charge is 0.497 e. The molecule has 3 amide bonds. The molecule has 136 valence electrons. The maximum absolute atomic E-state index is 12.2. The van der Waals surface area contributed by atoms with Crippen LogP contribution in [0.4, 0.5) is 10.5 Å². The number of rotatable bonds is 5. The van der Waals surface area contributed by atoms with Gasteiger partial charge in [-0.1, -0.05) is 29.8 Å². The number of amides is 3. The van der Waals surface area contributed by atoms with Crippen molar-refractivity contribution in [3.05, 3.63) is 59.7 Å². The van der Waals surface area contributed by atoms with Gasteiger partial charge in [0.1, 0.15) is 5.75 Å². The highest BCUT2D eigenvalue weighted by Gasteiger charge is 2.31. The van der Waals surface area contributed by atoms with Gasteiger partial charge >= 0.3 is 6.03 Å². The van der Waals surface area contributed by atoms with Crippen LogP contribution in [0.2, 0.25) is 0 Å². The molecule has 6 nitrogen and oxygen atoms in total. The van der Waals surface area contributed by atoms with Gasteiger partial charge in [-0.25, -0.2) is 4.79 Å². The highest BCUT2D eigenvalue weighted by Crippen LogP contribution is 2.22. The van der Waals surface area contributed by atoms with Crippen LogP contribution in [0.1, 0.15) is 17.5 Å². The molecule has 0 spiro atoms. The second-order valence-corrected chi connectivity index (χ2v) is 6.42. The summed E-state index contributed by atoms with van der Waals surface area (Å²) in [5.41, 5.74) is 2.99. The number of anilines is 1. The Kier molecular flexibility index (Phi) is 5.41. The monoisotopic (exact) mass is 353 g/mol. The van der Waals surface area contributed by atoms with Crippen LogP contribution in [0.15, 0.2) is 48.5 Å². The van der Waals surface area contributed by atoms with Gasteiger partial charge in [0.25, 0.3) is 0 Å². The van der Waals surface area contributed by atoms with Gasteiger partial charge < -0.3 is 20.3 Å². The number of ether oxygens (including phenoxy) is 1. The normalized spacial score (nSPS) is 16.5. The zero-order valence-corrected chi connectivity index (χ0v) is 15.0. The molecule has 2 aromatic carbocycles. The van der Waals surface area contributed by atoms with E-state index in [1.165, 1.54) is 0 Å². The van der Waals surface area contributed by atoms with Gasteiger partial charge in [0.2, 0.25) is 5.91 Å². The van der Waals surface area contributed by atoms with Gasteiger partial charge in [-0.3, -0.25) is 4.79 Å². The molecule has 0 radical (unpaired) electrons. The fraction of sp³-hybridized carbons (Fsp3) is 0.300. The molecule has 0 aromatic heterocycles. The SMILES string of the molecule is COc1ccc(CNC(=O)NC2CC(=O)N(c3ccc(C)cc3)C2)cc1. The van der Waals surface area contributed by atoms with E-state index in [2.05, 4.69) is 10.6 Å². The summed E-state index contributed by atoms with van der Waals surface area (Å²) in [7, 11) is 1.61. The minimum absolute atomic E-state index is 0.0225. The number of hydrogen-bond donors (Lipinski definition) is 2. The van der Waals surface area contributed by atoms with Crippen molar-refractivity contribution in [2.75, 3.05) is 18.6 Å². The third-order valence-electron chi connectivity index (χ3n) is 4.42. The first kappa shape index (κ1) is 17.8. The molecule has 1 aliphatic rings. The van der Waals surface area contributed by atoms with E-state index in [1.54, 1.807) is 12.0 Å². The van der Waals surface area contributed by atoms with Crippen LogP contribution in [0, 0.1) is 6.92 Å². The second kappa shape index (κ2) is 7.91. The number of benzene rings is 2. The second-order valence-electron chi connectivity index (χ2n) is 6.42. The standard InChI is InChI=1S/C20H23N3O3/c1-14-3-7-17(8-4-14)23-13-16(11-19(23)24)22-20(25)21-12-15-5-9-18(26-2)10-6-15/h3-10,16H,11-13H2,1-2H3,(H2,21,22,25). The Morgan fingerprint density at radius 3 is 2.50 bits per heavy atom. The topological polar surface area (TPSA) is 70.7 Å². The van der Waals surface area contributed by atoms with Crippen molar-refractivity contribution in [3.8, 4) is 5.75 Å². The quantitative estimate of drug-likeness (QED) is 0.868. The Morgan fingerprint density at radius 2 is 1.85 bits per heavy atom. The van der Waals surface area contributed by atoms with Crippen LogP contribution < -0.4 is 20.3 Å². The van der Waals surface area contributed by atoms with Crippen molar-refractivity contribution in [2.24, 2.45) is 0 Å². The molecular weight excluding hydrogens is 330 g/mol. The molecule has 26 heavy (non-hydrogen) atoms. The van der Waals surface area contributed by atoms with E-state index in [9.17, 15) is 9.59 Å². The number of hydrogen-bond acceptors (Lipinski definition) is 3. The minimum atomic E-state index is -0.274. The zero-order chi connectivity index (χ0) is 18.5. The third-order valence-corrected chi connectivity index (χ3v) is 4.42. The first-order valence-electron chi connectivity index (χ1n) is 8.59. The fourth-order valence-corrected chi connectivity index (χ4v) is 2.94. The fourth-order valence-electron chi connectivity index (χ4n) is 2.94. The Balaban J connectivity index is 1.50. The lowest BCUT2D eigenvalue weighted by atomic mass is 10.2. The summed E-state index contributed by atoms with van der Waals surface area (Å²) in [6.07, 6.45) is 0.309. The van der Waals surface area contributed by atoms with Gasteiger partial charge in [-0.2, -0.15) is 0 Å². The zero-order valence-electron chi connectivity index (χ0n) is 15.0. The number of carbonyl (C=O) groups is 2. The highest BCUT2D eigenvalue weighted by atomic mass is 16.5. The van der Waals surface area contributed by atoms with Crippen LogP contribution in [0.25, 0.3) is 0 Å². The van der Waals surface area contributed by atoms with Gasteiger partial charge in [0.15, 0.2) is 0 Å². The molecule has 1 fully saturated rings. The molecule has 1 saturated heterocycles. The van der Waals surface area contributed by atoms with Crippen molar-refractivity contribution in [3.63, 3.8) is 0 Å². The summed E-state index contributed by atoms with van der Waals surface area (Å²) in [5, 5.41) is 5.70. The van der Waals surface area contributed by atoms with E-state index in [0.29, 0.717) is 19.5 Å². The van der Waals surface area contributed by atoms with Crippen molar-refractivity contribution in [2.45, 2.75) is 25.9 Å². The molecule has 0 saturated carbocycles. The van der Waals surface area contributed by atoms with E-state index in [4.69, 9.17) is 4.74 Å². The van der Waals surface area contributed by atoms with Gasteiger partial charge in [-0.05, 0) is 36.8 Å². The predicted molar refractivity (Wildman–Crippen MR) is 100 cm³/mol. The van der Waals surface area contributed by atoms with E-state index < -0.39 is 0 Å². The molecule has 0 bridgehead atoms. The van der Waals surface area contributed by atoms with Crippen molar-refractivity contribution in [1.29, 1.82) is 0 Å². The number of aryl methyl sites for hydroxylation is 1. The van der Waals surface area contributed by atoms with Crippen LogP contribution in [-0.4, -0.2) is 31.6 Å². The Hall–Kier alpha value is -3.02. The number of nitrogens with zero attached hydrogens (tertiary/aromatic N) is 1. The molecule has 1 aliphatic heterocycles. The van der Waals surface area contributed by atoms with Crippen LogP contribution in [0.3, 0.4) is 0 Å². The average molecular weight is 353 g/mol. The van der Waals surface area contributed by atoms with Gasteiger partial charge in [0, 0.05) is 25.2 Å². The molecule has 1 unspecified atom stereocenters. The van der Waals surface area contributed by atoms with Crippen molar-refractivity contribution < 1.29 is 14.3 Å². The maximum atomic E-state index is 12.2. The molecule has 0 aliphatic carbocycles. The molecule has 2 aromatic rings. The summed E-state index contributed by atoms with van der Waals surface area (Å²) < 4.78 is 5.11. The Bertz CT molecular complexity index is 772. The first-order chi connectivity index (χ1) is 12.5. The number of methoxy groups -OCH3 is 1. The molecule has 6 heteroatoms. The Morgan fingerprint density at radius 1 is 1.15 bits per heavy atom. The van der Waals surface area contributed by atoms with E-state index >= 15 is 0 Å². The smallest absolute Gasteiger partial charge is 0.315 e. The molecule has 1 heterocycles. The summed E-state index contributed by atoms with van der Waals surface area (Å²) in [6, 6.07) is 14.8. The van der Waals surface area contributed by atoms with Crippen LogP contribution in [-0.2, 0) is 11.3 Å².